The van der Waals surface area contributed by atoms with Crippen LogP contribution >= 0.6 is 0 Å². The molecule has 0 aromatic heterocycles. The van der Waals surface area contributed by atoms with Gasteiger partial charge in [0.15, 0.2) is 0 Å². The highest BCUT2D eigenvalue weighted by Crippen LogP contribution is 2.40. The normalized spacial score (nSPS) is 21.6. The molecule has 0 aliphatic heterocycles. The lowest BCUT2D eigenvalue weighted by atomic mass is 9.75. The third-order valence-corrected chi connectivity index (χ3v) is 3.45. The van der Waals surface area contributed by atoms with Crippen molar-refractivity contribution >= 4 is 5.97 Å². The van der Waals surface area contributed by atoms with Crippen LogP contribution in [0, 0.1) is 17.2 Å². The third-order valence-electron chi connectivity index (χ3n) is 3.45. The lowest BCUT2D eigenvalue weighted by Gasteiger charge is -2.28. The SMILES string of the molecule is COC(=O)C1c2cccc(OC)c2CCC1C#N. The Morgan fingerprint density at radius 3 is 2.83 bits per heavy atom. The van der Waals surface area contributed by atoms with E-state index in [9.17, 15) is 4.79 Å². The molecular weight excluding hydrogens is 230 g/mol. The number of carbonyl (C=O) groups excluding carboxylic acids is 1. The van der Waals surface area contributed by atoms with Crippen LogP contribution in [0.4, 0.5) is 0 Å². The van der Waals surface area contributed by atoms with Gasteiger partial charge in [-0.3, -0.25) is 4.79 Å². The number of ether oxygens (including phenoxy) is 2. The van der Waals surface area contributed by atoms with Gasteiger partial charge in [-0.05, 0) is 30.0 Å². The van der Waals surface area contributed by atoms with Crippen LogP contribution in [-0.4, -0.2) is 20.2 Å². The first-order chi connectivity index (χ1) is 8.72. The first-order valence-corrected chi connectivity index (χ1v) is 5.86. The first kappa shape index (κ1) is 12.4. The molecule has 0 spiro atoms. The minimum Gasteiger partial charge on any atom is -0.496 e. The van der Waals surface area contributed by atoms with E-state index >= 15 is 0 Å². The van der Waals surface area contributed by atoms with Gasteiger partial charge in [0.25, 0.3) is 0 Å². The number of methoxy groups -OCH3 is 2. The highest BCUT2D eigenvalue weighted by atomic mass is 16.5. The van der Waals surface area contributed by atoms with Crippen molar-refractivity contribution in [2.45, 2.75) is 18.8 Å². The van der Waals surface area contributed by atoms with Crippen molar-refractivity contribution in [1.82, 2.24) is 0 Å². The zero-order valence-corrected chi connectivity index (χ0v) is 10.5. The van der Waals surface area contributed by atoms with Gasteiger partial charge >= 0.3 is 5.97 Å². The Hall–Kier alpha value is -2.02. The average molecular weight is 245 g/mol. The Bertz CT molecular complexity index is 504. The molecule has 1 aliphatic carbocycles. The van der Waals surface area contributed by atoms with Gasteiger partial charge in [0, 0.05) is 0 Å². The molecule has 1 aromatic carbocycles. The molecule has 0 saturated carbocycles. The Balaban J connectivity index is 2.52. The molecule has 2 rings (SSSR count). The summed E-state index contributed by atoms with van der Waals surface area (Å²) in [5.41, 5.74) is 1.88. The maximum atomic E-state index is 11.9. The van der Waals surface area contributed by atoms with E-state index in [4.69, 9.17) is 14.7 Å². The molecule has 0 N–H and O–H groups in total. The lowest BCUT2D eigenvalue weighted by Crippen LogP contribution is -2.27. The number of nitrogens with zero attached hydrogens (tertiary/aromatic N) is 1. The van der Waals surface area contributed by atoms with Crippen molar-refractivity contribution in [3.8, 4) is 11.8 Å². The summed E-state index contributed by atoms with van der Waals surface area (Å²) < 4.78 is 10.1. The molecule has 1 aliphatic rings. The first-order valence-electron chi connectivity index (χ1n) is 5.86. The fourth-order valence-electron chi connectivity index (χ4n) is 2.57. The van der Waals surface area contributed by atoms with Crippen molar-refractivity contribution in [2.75, 3.05) is 14.2 Å². The van der Waals surface area contributed by atoms with Crippen molar-refractivity contribution in [2.24, 2.45) is 5.92 Å². The number of esters is 1. The summed E-state index contributed by atoms with van der Waals surface area (Å²) in [4.78, 5) is 11.9. The Morgan fingerprint density at radius 2 is 2.22 bits per heavy atom. The predicted octanol–water partition coefficient (Wildman–Crippen LogP) is 2.04. The molecule has 94 valence electrons. The largest absolute Gasteiger partial charge is 0.496 e. The van der Waals surface area contributed by atoms with Crippen molar-refractivity contribution in [1.29, 1.82) is 5.26 Å². The number of hydrogen-bond donors (Lipinski definition) is 0. The maximum absolute atomic E-state index is 11.9. The van der Waals surface area contributed by atoms with Gasteiger partial charge in [-0.25, -0.2) is 0 Å². The van der Waals surface area contributed by atoms with Crippen molar-refractivity contribution in [3.63, 3.8) is 0 Å². The second kappa shape index (κ2) is 5.09. The second-order valence-electron chi connectivity index (χ2n) is 4.30. The molecule has 2 atom stereocenters. The quantitative estimate of drug-likeness (QED) is 0.748. The Kier molecular flexibility index (Phi) is 3.52. The van der Waals surface area contributed by atoms with Crippen molar-refractivity contribution < 1.29 is 14.3 Å². The van der Waals surface area contributed by atoms with Gasteiger partial charge in [0.05, 0.1) is 32.1 Å². The van der Waals surface area contributed by atoms with E-state index in [1.54, 1.807) is 7.11 Å². The van der Waals surface area contributed by atoms with Crippen LogP contribution in [0.3, 0.4) is 0 Å². The number of rotatable bonds is 2. The minimum atomic E-state index is -0.501. The van der Waals surface area contributed by atoms with E-state index in [0.29, 0.717) is 6.42 Å². The van der Waals surface area contributed by atoms with Gasteiger partial charge in [0.2, 0.25) is 0 Å². The Labute approximate surface area is 106 Å². The molecule has 0 saturated heterocycles. The van der Waals surface area contributed by atoms with Gasteiger partial charge in [-0.1, -0.05) is 12.1 Å². The van der Waals surface area contributed by atoms with Gasteiger partial charge in [-0.15, -0.1) is 0 Å². The molecule has 0 fully saturated rings. The molecule has 4 heteroatoms. The molecule has 0 heterocycles. The van der Waals surface area contributed by atoms with E-state index in [-0.39, 0.29) is 11.9 Å². The average Bonchev–Trinajstić information content (AvgIpc) is 2.44. The van der Waals surface area contributed by atoms with Crippen LogP contribution in [-0.2, 0) is 16.0 Å². The second-order valence-corrected chi connectivity index (χ2v) is 4.30. The molecule has 0 amide bonds. The lowest BCUT2D eigenvalue weighted by molar-refractivity contribution is -0.143. The summed E-state index contributed by atoms with van der Waals surface area (Å²) in [5, 5.41) is 9.17. The number of hydrogen-bond acceptors (Lipinski definition) is 4. The molecule has 0 bridgehead atoms. The fraction of sp³-hybridized carbons (Fsp3) is 0.429. The standard InChI is InChI=1S/C14H15NO3/c1-17-12-5-3-4-11-10(12)7-6-9(8-15)13(11)14(16)18-2/h3-5,9,13H,6-7H2,1-2H3. The van der Waals surface area contributed by atoms with Crippen LogP contribution < -0.4 is 4.74 Å². The molecule has 2 unspecified atom stereocenters. The van der Waals surface area contributed by atoms with E-state index < -0.39 is 5.92 Å². The van der Waals surface area contributed by atoms with Gasteiger partial charge < -0.3 is 9.47 Å². The topological polar surface area (TPSA) is 59.3 Å². The number of nitriles is 1. The number of fused-ring (bicyclic) bond motifs is 1. The monoisotopic (exact) mass is 245 g/mol. The van der Waals surface area contributed by atoms with Crippen LogP contribution in [0.25, 0.3) is 0 Å². The fourth-order valence-corrected chi connectivity index (χ4v) is 2.57. The van der Waals surface area contributed by atoms with Crippen LogP contribution in [0.1, 0.15) is 23.5 Å². The van der Waals surface area contributed by atoms with E-state index in [2.05, 4.69) is 6.07 Å². The summed E-state index contributed by atoms with van der Waals surface area (Å²) in [5.74, 6) is -0.399. The van der Waals surface area contributed by atoms with Crippen molar-refractivity contribution in [3.05, 3.63) is 29.3 Å². The Morgan fingerprint density at radius 1 is 1.44 bits per heavy atom. The number of carbonyl (C=O) groups is 1. The molecule has 18 heavy (non-hydrogen) atoms. The van der Waals surface area contributed by atoms with Crippen LogP contribution in [0.2, 0.25) is 0 Å². The van der Waals surface area contributed by atoms with Crippen LogP contribution in [0.5, 0.6) is 5.75 Å². The third kappa shape index (κ3) is 1.92. The van der Waals surface area contributed by atoms with E-state index in [1.807, 2.05) is 18.2 Å². The zero-order chi connectivity index (χ0) is 13.1. The molecule has 1 aromatic rings. The van der Waals surface area contributed by atoms with Crippen LogP contribution in [0.15, 0.2) is 18.2 Å². The van der Waals surface area contributed by atoms with Gasteiger partial charge in [-0.2, -0.15) is 5.26 Å². The molecule has 4 nitrogen and oxygen atoms in total. The smallest absolute Gasteiger partial charge is 0.314 e. The summed E-state index contributed by atoms with van der Waals surface area (Å²) in [6.45, 7) is 0. The summed E-state index contributed by atoms with van der Waals surface area (Å²) in [6, 6.07) is 7.80. The summed E-state index contributed by atoms with van der Waals surface area (Å²) >= 11 is 0. The van der Waals surface area contributed by atoms with E-state index in [0.717, 1.165) is 23.3 Å². The number of benzene rings is 1. The summed E-state index contributed by atoms with van der Waals surface area (Å²) in [6.07, 6.45) is 1.41. The highest BCUT2D eigenvalue weighted by molar-refractivity contribution is 5.80. The molecular formula is C14H15NO3. The summed E-state index contributed by atoms with van der Waals surface area (Å²) in [7, 11) is 2.96. The van der Waals surface area contributed by atoms with E-state index in [1.165, 1.54) is 7.11 Å². The maximum Gasteiger partial charge on any atom is 0.314 e. The predicted molar refractivity (Wildman–Crippen MR) is 65.2 cm³/mol. The molecule has 0 radical (unpaired) electrons. The minimum absolute atomic E-state index is 0.322. The van der Waals surface area contributed by atoms with Gasteiger partial charge in [0.1, 0.15) is 5.75 Å². The zero-order valence-electron chi connectivity index (χ0n) is 10.5. The highest BCUT2D eigenvalue weighted by Gasteiger charge is 2.36.